The summed E-state index contributed by atoms with van der Waals surface area (Å²) in [7, 11) is 0. The van der Waals surface area contributed by atoms with Crippen molar-refractivity contribution in [3.8, 4) is 11.3 Å². The average Bonchev–Trinajstić information content (AvgIpc) is 3.00. The van der Waals surface area contributed by atoms with Crippen LogP contribution in [0.1, 0.15) is 24.2 Å². The van der Waals surface area contributed by atoms with Crippen molar-refractivity contribution in [3.05, 3.63) is 48.5 Å². The fourth-order valence-electron chi connectivity index (χ4n) is 2.07. The number of hydrogen-bond acceptors (Lipinski definition) is 4. The van der Waals surface area contributed by atoms with E-state index < -0.39 is 0 Å². The quantitative estimate of drug-likeness (QED) is 0.800. The molecule has 3 heterocycles. The highest BCUT2D eigenvalue weighted by atomic mass is 16.1. The highest BCUT2D eigenvalue weighted by molar-refractivity contribution is 5.94. The molecule has 6 nitrogen and oxygen atoms in total. The zero-order chi connectivity index (χ0) is 15.5. The molecule has 0 saturated carbocycles. The molecule has 1 N–H and O–H groups in total. The summed E-state index contributed by atoms with van der Waals surface area (Å²) in [5.74, 6) is 0.289. The molecule has 0 bridgehead atoms. The van der Waals surface area contributed by atoms with Crippen molar-refractivity contribution >= 4 is 11.6 Å². The summed E-state index contributed by atoms with van der Waals surface area (Å²) in [6.45, 7) is 4.75. The second-order valence-corrected chi connectivity index (χ2v) is 5.51. The van der Waals surface area contributed by atoms with Crippen LogP contribution in [0.5, 0.6) is 0 Å². The first kappa shape index (κ1) is 14.2. The van der Waals surface area contributed by atoms with E-state index in [9.17, 15) is 4.79 Å². The average molecular weight is 295 g/mol. The van der Waals surface area contributed by atoms with Gasteiger partial charge in [0, 0.05) is 36.9 Å². The molecule has 0 aliphatic carbocycles. The van der Waals surface area contributed by atoms with Crippen LogP contribution in [0.3, 0.4) is 0 Å². The smallest absolute Gasteiger partial charge is 0.252 e. The van der Waals surface area contributed by atoms with Crippen molar-refractivity contribution in [3.63, 3.8) is 0 Å². The van der Waals surface area contributed by atoms with Gasteiger partial charge in [0.05, 0.1) is 11.3 Å². The van der Waals surface area contributed by atoms with Crippen LogP contribution in [0.15, 0.2) is 43.0 Å². The summed E-state index contributed by atoms with van der Waals surface area (Å²) in [5, 5.41) is 7.35. The van der Waals surface area contributed by atoms with E-state index in [2.05, 4.69) is 34.2 Å². The van der Waals surface area contributed by atoms with Crippen LogP contribution in [-0.4, -0.2) is 32.0 Å². The number of carbonyl (C=O) groups excluding carboxylic acids is 1. The molecule has 3 rings (SSSR count). The number of hydrogen-bond donors (Lipinski definition) is 1. The van der Waals surface area contributed by atoms with Crippen LogP contribution < -0.4 is 5.32 Å². The summed E-state index contributed by atoms with van der Waals surface area (Å²) in [4.78, 5) is 20.4. The molecule has 22 heavy (non-hydrogen) atoms. The number of amides is 1. The second kappa shape index (κ2) is 5.93. The summed E-state index contributed by atoms with van der Waals surface area (Å²) in [6.07, 6.45) is 6.74. The van der Waals surface area contributed by atoms with Gasteiger partial charge >= 0.3 is 0 Å². The number of fused-ring (bicyclic) bond motifs is 1. The van der Waals surface area contributed by atoms with Crippen molar-refractivity contribution in [1.82, 2.24) is 24.9 Å². The van der Waals surface area contributed by atoms with Gasteiger partial charge in [0.2, 0.25) is 0 Å². The number of imidazole rings is 1. The van der Waals surface area contributed by atoms with Crippen LogP contribution in [0, 0.1) is 5.92 Å². The maximum Gasteiger partial charge on any atom is 0.252 e. The summed E-state index contributed by atoms with van der Waals surface area (Å²) >= 11 is 0. The molecule has 1 amide bonds. The van der Waals surface area contributed by atoms with Crippen molar-refractivity contribution < 1.29 is 4.79 Å². The van der Waals surface area contributed by atoms with E-state index in [0.717, 1.165) is 16.9 Å². The molecule has 0 radical (unpaired) electrons. The Kier molecular flexibility index (Phi) is 3.82. The number of aromatic nitrogens is 4. The van der Waals surface area contributed by atoms with Crippen molar-refractivity contribution in [2.75, 3.05) is 6.54 Å². The molecule has 0 unspecified atom stereocenters. The number of nitrogens with zero attached hydrogens (tertiary/aromatic N) is 4. The van der Waals surface area contributed by atoms with E-state index in [-0.39, 0.29) is 5.91 Å². The van der Waals surface area contributed by atoms with Crippen molar-refractivity contribution in [1.29, 1.82) is 0 Å². The van der Waals surface area contributed by atoms with E-state index in [1.54, 1.807) is 35.4 Å². The number of carbonyl (C=O) groups is 1. The minimum Gasteiger partial charge on any atom is -0.352 e. The zero-order valence-electron chi connectivity index (χ0n) is 12.5. The summed E-state index contributed by atoms with van der Waals surface area (Å²) < 4.78 is 1.70. The Morgan fingerprint density at radius 3 is 3.00 bits per heavy atom. The monoisotopic (exact) mass is 295 g/mol. The molecule has 3 aromatic rings. The van der Waals surface area contributed by atoms with Crippen LogP contribution in [0.2, 0.25) is 0 Å². The van der Waals surface area contributed by atoms with Gasteiger partial charge in [-0.25, -0.2) is 9.50 Å². The highest BCUT2D eigenvalue weighted by Crippen LogP contribution is 2.17. The molecule has 112 valence electrons. The third-order valence-corrected chi connectivity index (χ3v) is 3.22. The molecule has 0 aliphatic heterocycles. The lowest BCUT2D eigenvalue weighted by atomic mass is 10.1. The van der Waals surface area contributed by atoms with Crippen LogP contribution >= 0.6 is 0 Å². The third-order valence-electron chi connectivity index (χ3n) is 3.22. The number of rotatable bonds is 4. The van der Waals surface area contributed by atoms with Crippen molar-refractivity contribution in [2.24, 2.45) is 5.92 Å². The highest BCUT2D eigenvalue weighted by Gasteiger charge is 2.09. The molecule has 3 aromatic heterocycles. The van der Waals surface area contributed by atoms with Crippen LogP contribution in [-0.2, 0) is 0 Å². The van der Waals surface area contributed by atoms with Gasteiger partial charge in [-0.3, -0.25) is 9.78 Å². The molecular weight excluding hydrogens is 278 g/mol. The van der Waals surface area contributed by atoms with Crippen molar-refractivity contribution in [2.45, 2.75) is 13.8 Å². The minimum atomic E-state index is -0.119. The Bertz CT molecular complexity index is 809. The Labute approximate surface area is 128 Å². The molecule has 0 spiro atoms. The van der Waals surface area contributed by atoms with Crippen LogP contribution in [0.25, 0.3) is 16.9 Å². The van der Waals surface area contributed by atoms with Gasteiger partial charge in [-0.15, -0.1) is 0 Å². The zero-order valence-corrected chi connectivity index (χ0v) is 12.5. The van der Waals surface area contributed by atoms with Gasteiger partial charge in [-0.2, -0.15) is 5.10 Å². The molecule has 6 heteroatoms. The maximum absolute atomic E-state index is 12.1. The standard InChI is InChI=1S/C16H17N5O/c1-11(2)8-19-16(22)13-7-12(9-17-10-13)14-3-4-15-18-5-6-21(15)20-14/h3-7,9-11H,8H2,1-2H3,(H,19,22). The Hall–Kier alpha value is -2.76. The summed E-state index contributed by atoms with van der Waals surface area (Å²) in [6, 6.07) is 5.55. The first-order valence-electron chi connectivity index (χ1n) is 7.17. The fraction of sp³-hybridized carbons (Fsp3) is 0.250. The van der Waals surface area contributed by atoms with E-state index >= 15 is 0 Å². The minimum absolute atomic E-state index is 0.119. The van der Waals surface area contributed by atoms with E-state index in [0.29, 0.717) is 18.0 Å². The molecule has 0 saturated heterocycles. The lowest BCUT2D eigenvalue weighted by Gasteiger charge is -2.08. The van der Waals surface area contributed by atoms with Gasteiger partial charge in [-0.1, -0.05) is 13.8 Å². The number of pyridine rings is 1. The van der Waals surface area contributed by atoms with Gasteiger partial charge in [0.1, 0.15) is 0 Å². The van der Waals surface area contributed by atoms with Gasteiger partial charge in [0.15, 0.2) is 5.65 Å². The Morgan fingerprint density at radius 2 is 2.18 bits per heavy atom. The lowest BCUT2D eigenvalue weighted by Crippen LogP contribution is -2.27. The second-order valence-electron chi connectivity index (χ2n) is 5.51. The predicted molar refractivity (Wildman–Crippen MR) is 83.4 cm³/mol. The number of nitrogens with one attached hydrogen (secondary N) is 1. The fourth-order valence-corrected chi connectivity index (χ4v) is 2.07. The first-order valence-corrected chi connectivity index (χ1v) is 7.17. The third kappa shape index (κ3) is 2.95. The largest absolute Gasteiger partial charge is 0.352 e. The SMILES string of the molecule is CC(C)CNC(=O)c1cncc(-c2ccc3nccn3n2)c1. The lowest BCUT2D eigenvalue weighted by molar-refractivity contribution is 0.0948. The predicted octanol–water partition coefficient (Wildman–Crippen LogP) is 2.18. The van der Waals surface area contributed by atoms with Gasteiger partial charge in [-0.05, 0) is 24.1 Å². The molecule has 0 atom stereocenters. The van der Waals surface area contributed by atoms with E-state index in [1.807, 2.05) is 12.1 Å². The first-order chi connectivity index (χ1) is 10.6. The van der Waals surface area contributed by atoms with E-state index in [4.69, 9.17) is 0 Å². The normalized spacial score (nSPS) is 11.0. The Balaban J connectivity index is 1.88. The van der Waals surface area contributed by atoms with Gasteiger partial charge in [0.25, 0.3) is 5.91 Å². The topological polar surface area (TPSA) is 72.2 Å². The molecule has 0 fully saturated rings. The maximum atomic E-state index is 12.1. The summed E-state index contributed by atoms with van der Waals surface area (Å²) in [5.41, 5.74) is 2.86. The molecule has 0 aromatic carbocycles. The van der Waals surface area contributed by atoms with Crippen LogP contribution in [0.4, 0.5) is 0 Å². The molecular formula is C16H17N5O. The van der Waals surface area contributed by atoms with Gasteiger partial charge < -0.3 is 5.32 Å². The Morgan fingerprint density at radius 1 is 1.32 bits per heavy atom. The van der Waals surface area contributed by atoms with E-state index in [1.165, 1.54) is 0 Å². The molecule has 0 aliphatic rings.